The minimum absolute atomic E-state index is 0.0612. The summed E-state index contributed by atoms with van der Waals surface area (Å²) in [7, 11) is 3.12. The number of fused-ring (bicyclic) bond motifs is 1. The van der Waals surface area contributed by atoms with E-state index in [1.54, 1.807) is 24.1 Å². The van der Waals surface area contributed by atoms with Crippen molar-refractivity contribution in [1.82, 2.24) is 14.9 Å². The Morgan fingerprint density at radius 1 is 1.23 bits per heavy atom. The SMILES string of the molecule is COc1ccc(CN(C)C(=O)CSc2ncnc3ccccc23)cc1F. The first-order valence-corrected chi connectivity index (χ1v) is 8.96. The Balaban J connectivity index is 1.63. The van der Waals surface area contributed by atoms with Crippen LogP contribution in [-0.4, -0.2) is 40.7 Å². The van der Waals surface area contributed by atoms with Crippen LogP contribution in [0.3, 0.4) is 0 Å². The zero-order valence-electron chi connectivity index (χ0n) is 14.5. The third-order valence-corrected chi connectivity index (χ3v) is 4.89. The maximum absolute atomic E-state index is 13.8. The van der Waals surface area contributed by atoms with Gasteiger partial charge in [-0.2, -0.15) is 0 Å². The van der Waals surface area contributed by atoms with Gasteiger partial charge in [-0.15, -0.1) is 0 Å². The number of hydrogen-bond acceptors (Lipinski definition) is 5. The van der Waals surface area contributed by atoms with Crippen LogP contribution in [0.4, 0.5) is 4.39 Å². The molecular formula is C19H18FN3O2S. The van der Waals surface area contributed by atoms with Crippen LogP contribution in [0.15, 0.2) is 53.8 Å². The molecule has 0 saturated carbocycles. The smallest absolute Gasteiger partial charge is 0.233 e. The number of thioether (sulfide) groups is 1. The van der Waals surface area contributed by atoms with Crippen LogP contribution in [0.5, 0.6) is 5.75 Å². The van der Waals surface area contributed by atoms with E-state index < -0.39 is 5.82 Å². The normalized spacial score (nSPS) is 10.7. The number of benzene rings is 2. The monoisotopic (exact) mass is 371 g/mol. The lowest BCUT2D eigenvalue weighted by Crippen LogP contribution is -2.27. The van der Waals surface area contributed by atoms with Gasteiger partial charge in [0.15, 0.2) is 11.6 Å². The van der Waals surface area contributed by atoms with Gasteiger partial charge in [0.05, 0.1) is 18.4 Å². The molecule has 0 aliphatic heterocycles. The topological polar surface area (TPSA) is 55.3 Å². The number of methoxy groups -OCH3 is 1. The van der Waals surface area contributed by atoms with Crippen molar-refractivity contribution >= 4 is 28.6 Å². The van der Waals surface area contributed by atoms with Gasteiger partial charge in [-0.05, 0) is 23.8 Å². The molecule has 0 saturated heterocycles. The first-order chi connectivity index (χ1) is 12.6. The molecule has 0 radical (unpaired) electrons. The number of amides is 1. The summed E-state index contributed by atoms with van der Waals surface area (Å²) < 4.78 is 18.7. The lowest BCUT2D eigenvalue weighted by molar-refractivity contribution is -0.127. The molecule has 1 heterocycles. The standard InChI is InChI=1S/C19H18FN3O2S/c1-23(10-13-7-8-17(25-2)15(20)9-13)18(24)11-26-19-14-5-3-4-6-16(14)21-12-22-19/h3-9,12H,10-11H2,1-2H3. The van der Waals surface area contributed by atoms with Crippen molar-refractivity contribution in [2.24, 2.45) is 0 Å². The summed E-state index contributed by atoms with van der Waals surface area (Å²) in [4.78, 5) is 22.5. The van der Waals surface area contributed by atoms with Crippen molar-refractivity contribution in [3.63, 3.8) is 0 Å². The average molecular weight is 371 g/mol. The largest absolute Gasteiger partial charge is 0.494 e. The summed E-state index contributed by atoms with van der Waals surface area (Å²) in [6.45, 7) is 0.324. The minimum atomic E-state index is -0.437. The molecule has 0 aliphatic rings. The first-order valence-electron chi connectivity index (χ1n) is 7.97. The van der Waals surface area contributed by atoms with E-state index in [-0.39, 0.29) is 17.4 Å². The molecule has 134 valence electrons. The zero-order valence-corrected chi connectivity index (χ0v) is 15.3. The van der Waals surface area contributed by atoms with E-state index in [4.69, 9.17) is 4.74 Å². The van der Waals surface area contributed by atoms with Crippen LogP contribution in [0.1, 0.15) is 5.56 Å². The highest BCUT2D eigenvalue weighted by Gasteiger charge is 2.13. The van der Waals surface area contributed by atoms with Gasteiger partial charge >= 0.3 is 0 Å². The Hall–Kier alpha value is -2.67. The van der Waals surface area contributed by atoms with Gasteiger partial charge in [0.25, 0.3) is 0 Å². The van der Waals surface area contributed by atoms with Crippen LogP contribution in [0, 0.1) is 5.82 Å². The molecular weight excluding hydrogens is 353 g/mol. The predicted octanol–water partition coefficient (Wildman–Crippen LogP) is 3.53. The number of hydrogen-bond donors (Lipinski definition) is 0. The fourth-order valence-electron chi connectivity index (χ4n) is 2.51. The maximum Gasteiger partial charge on any atom is 0.233 e. The van der Waals surface area contributed by atoms with Crippen molar-refractivity contribution < 1.29 is 13.9 Å². The van der Waals surface area contributed by atoms with E-state index in [9.17, 15) is 9.18 Å². The quantitative estimate of drug-likeness (QED) is 0.490. The van der Waals surface area contributed by atoms with Crippen LogP contribution in [0.25, 0.3) is 10.9 Å². The number of rotatable bonds is 6. The Bertz CT molecular complexity index is 930. The van der Waals surface area contributed by atoms with E-state index in [1.807, 2.05) is 24.3 Å². The van der Waals surface area contributed by atoms with Crippen LogP contribution in [0.2, 0.25) is 0 Å². The van der Waals surface area contributed by atoms with Crippen LogP contribution >= 0.6 is 11.8 Å². The molecule has 7 heteroatoms. The Labute approximate surface area is 155 Å². The van der Waals surface area contributed by atoms with E-state index in [0.717, 1.165) is 15.9 Å². The van der Waals surface area contributed by atoms with E-state index in [2.05, 4.69) is 9.97 Å². The summed E-state index contributed by atoms with van der Waals surface area (Å²) >= 11 is 1.37. The molecule has 0 unspecified atom stereocenters. The molecule has 0 bridgehead atoms. The molecule has 3 aromatic rings. The third kappa shape index (κ3) is 4.11. The molecule has 0 atom stereocenters. The molecule has 1 amide bonds. The van der Waals surface area contributed by atoms with Crippen molar-refractivity contribution in [1.29, 1.82) is 0 Å². The van der Waals surface area contributed by atoms with E-state index in [1.165, 1.54) is 31.3 Å². The van der Waals surface area contributed by atoms with Crippen molar-refractivity contribution in [2.75, 3.05) is 19.9 Å². The number of aromatic nitrogens is 2. The number of ether oxygens (including phenoxy) is 1. The highest BCUT2D eigenvalue weighted by molar-refractivity contribution is 8.00. The number of halogens is 1. The van der Waals surface area contributed by atoms with Gasteiger partial charge in [-0.25, -0.2) is 14.4 Å². The lowest BCUT2D eigenvalue weighted by Gasteiger charge is -2.17. The summed E-state index contributed by atoms with van der Waals surface area (Å²) in [5, 5.41) is 1.69. The molecule has 2 aromatic carbocycles. The second-order valence-corrected chi connectivity index (χ2v) is 6.67. The summed E-state index contributed by atoms with van der Waals surface area (Å²) in [6.07, 6.45) is 1.50. The van der Waals surface area contributed by atoms with E-state index in [0.29, 0.717) is 12.1 Å². The number of carbonyl (C=O) groups excluding carboxylic acids is 1. The van der Waals surface area contributed by atoms with Crippen molar-refractivity contribution in [3.8, 4) is 5.75 Å². The van der Waals surface area contributed by atoms with Gasteiger partial charge in [0, 0.05) is 19.0 Å². The van der Waals surface area contributed by atoms with Crippen LogP contribution in [-0.2, 0) is 11.3 Å². The van der Waals surface area contributed by atoms with Gasteiger partial charge in [0.2, 0.25) is 5.91 Å². The van der Waals surface area contributed by atoms with Crippen LogP contribution < -0.4 is 4.74 Å². The summed E-state index contributed by atoms with van der Waals surface area (Å²) in [5.74, 6) is -0.0635. The van der Waals surface area contributed by atoms with Crippen molar-refractivity contribution in [2.45, 2.75) is 11.6 Å². The number of nitrogens with zero attached hydrogens (tertiary/aromatic N) is 3. The molecule has 0 aliphatic carbocycles. The highest BCUT2D eigenvalue weighted by Crippen LogP contribution is 2.24. The fraction of sp³-hybridized carbons (Fsp3) is 0.211. The molecule has 5 nitrogen and oxygen atoms in total. The predicted molar refractivity (Wildman–Crippen MR) is 99.7 cm³/mol. The van der Waals surface area contributed by atoms with Crippen molar-refractivity contribution in [3.05, 3.63) is 60.2 Å². The van der Waals surface area contributed by atoms with E-state index >= 15 is 0 Å². The first kappa shape index (κ1) is 18.1. The second-order valence-electron chi connectivity index (χ2n) is 5.70. The minimum Gasteiger partial charge on any atom is -0.494 e. The molecule has 0 fully saturated rings. The van der Waals surface area contributed by atoms with Gasteiger partial charge in [-0.3, -0.25) is 4.79 Å². The number of para-hydroxylation sites is 1. The van der Waals surface area contributed by atoms with Gasteiger partial charge in [0.1, 0.15) is 11.4 Å². The molecule has 1 aromatic heterocycles. The second kappa shape index (κ2) is 8.14. The molecule has 0 spiro atoms. The third-order valence-electron chi connectivity index (χ3n) is 3.90. The Kier molecular flexibility index (Phi) is 5.68. The maximum atomic E-state index is 13.8. The highest BCUT2D eigenvalue weighted by atomic mass is 32.2. The Morgan fingerprint density at radius 2 is 2.04 bits per heavy atom. The summed E-state index contributed by atoms with van der Waals surface area (Å²) in [6, 6.07) is 12.4. The van der Waals surface area contributed by atoms with Gasteiger partial charge < -0.3 is 9.64 Å². The summed E-state index contributed by atoms with van der Waals surface area (Å²) in [5.41, 5.74) is 1.55. The van der Waals surface area contributed by atoms with Gasteiger partial charge in [-0.1, -0.05) is 36.0 Å². The molecule has 3 rings (SSSR count). The number of carbonyl (C=O) groups is 1. The fourth-order valence-corrected chi connectivity index (χ4v) is 3.44. The lowest BCUT2D eigenvalue weighted by atomic mass is 10.2. The average Bonchev–Trinajstić information content (AvgIpc) is 2.66. The zero-order chi connectivity index (χ0) is 18.5. The Morgan fingerprint density at radius 3 is 2.81 bits per heavy atom. The molecule has 0 N–H and O–H groups in total. The molecule has 26 heavy (non-hydrogen) atoms.